The first-order chi connectivity index (χ1) is 24.4. The Bertz CT molecular complexity index is 2220. The van der Waals surface area contributed by atoms with E-state index in [0.29, 0.717) is 5.92 Å². The fourth-order valence-electron chi connectivity index (χ4n) is 8.00. The molecule has 0 radical (unpaired) electrons. The summed E-state index contributed by atoms with van der Waals surface area (Å²) in [6.07, 6.45) is 7.36. The van der Waals surface area contributed by atoms with Crippen LogP contribution in [0.5, 0.6) is 0 Å². The maximum absolute atomic E-state index is 3.04. The predicted molar refractivity (Wildman–Crippen MR) is 211 cm³/mol. The fraction of sp³-hybridized carbons (Fsp3) is 0.163. The summed E-state index contributed by atoms with van der Waals surface area (Å²) < 4.78 is 4.92. The molecule has 2 aliphatic rings. The second-order valence-electron chi connectivity index (χ2n) is 14.8. The van der Waals surface area contributed by atoms with Crippen LogP contribution < -0.4 is 3.27 Å². The number of allylic oxidation sites excluding steroid dienone is 4. The van der Waals surface area contributed by atoms with Gasteiger partial charge in [-0.1, -0.05) is 0 Å². The Kier molecular flexibility index (Phi) is 8.97. The molecule has 50 heavy (non-hydrogen) atoms. The van der Waals surface area contributed by atoms with Crippen LogP contribution in [0.1, 0.15) is 56.4 Å². The van der Waals surface area contributed by atoms with E-state index in [1.165, 1.54) is 55.6 Å². The van der Waals surface area contributed by atoms with Crippen molar-refractivity contribution in [2.45, 2.75) is 40.5 Å². The van der Waals surface area contributed by atoms with E-state index in [4.69, 9.17) is 0 Å². The molecule has 0 aliphatic heterocycles. The van der Waals surface area contributed by atoms with Gasteiger partial charge in [0.15, 0.2) is 0 Å². The summed E-state index contributed by atoms with van der Waals surface area (Å²) in [6, 6.07) is 56.8. The van der Waals surface area contributed by atoms with Gasteiger partial charge < -0.3 is 0 Å². The van der Waals surface area contributed by atoms with Gasteiger partial charge in [0.05, 0.1) is 0 Å². The molecule has 2 aliphatic carbocycles. The Morgan fingerprint density at radius 2 is 1.14 bits per heavy atom. The van der Waals surface area contributed by atoms with Gasteiger partial charge in [0.25, 0.3) is 0 Å². The van der Waals surface area contributed by atoms with Crippen LogP contribution in [0.25, 0.3) is 33.4 Å². The van der Waals surface area contributed by atoms with Crippen molar-refractivity contribution in [1.29, 1.82) is 0 Å². The van der Waals surface area contributed by atoms with Crippen molar-refractivity contribution in [3.8, 4) is 33.4 Å². The maximum atomic E-state index is 2.67. The van der Waals surface area contributed by atoms with Gasteiger partial charge in [0.2, 0.25) is 0 Å². The minimum absolute atomic E-state index is 0.0913. The van der Waals surface area contributed by atoms with Crippen molar-refractivity contribution in [2.75, 3.05) is 0 Å². The summed E-state index contributed by atoms with van der Waals surface area (Å²) in [5, 5.41) is 0. The van der Waals surface area contributed by atoms with Gasteiger partial charge in [-0.2, -0.15) is 0 Å². The summed E-state index contributed by atoms with van der Waals surface area (Å²) in [4.78, 5) is 0. The topological polar surface area (TPSA) is 0 Å². The van der Waals surface area contributed by atoms with E-state index in [0.717, 1.165) is 12.8 Å². The Hall–Kier alpha value is -4.45. The molecule has 0 N–H and O–H groups in total. The summed E-state index contributed by atoms with van der Waals surface area (Å²) in [5.74, 6) is 0.439. The molecular weight excluding hydrogens is 680 g/mol. The van der Waals surface area contributed by atoms with E-state index in [2.05, 4.69) is 192 Å². The van der Waals surface area contributed by atoms with Crippen molar-refractivity contribution >= 4 is 6.48 Å². The Balaban J connectivity index is 1.48. The first kappa shape index (κ1) is 32.7. The number of rotatable bonds is 7. The third kappa shape index (κ3) is 6.12. The molecule has 0 spiro atoms. The van der Waals surface area contributed by atoms with Crippen LogP contribution in [0.15, 0.2) is 173 Å². The van der Waals surface area contributed by atoms with E-state index in [-0.39, 0.29) is 5.41 Å². The molecular formula is C49H44Zr. The molecule has 1 atom stereocenters. The Morgan fingerprint density at radius 1 is 0.600 bits per heavy atom. The van der Waals surface area contributed by atoms with Crippen molar-refractivity contribution in [1.82, 2.24) is 0 Å². The standard InChI is InChI=1S/C25H17.C13H10.C11H17.Zr/c1-3-7-18(8-4-1)20-11-13-24-22(15-20)17-23-16-21(12-14-25(23)24)19-9-5-2-6-10-19;1-3-7-12(8-4-1)11-13-9-5-2-6-10-13;1-5-9-6-7-10(8-9)11(2,3)4;/h1-15H,17H2;1-10H;7-9H,5H2,1-4H3;. The van der Waals surface area contributed by atoms with Crippen molar-refractivity contribution in [2.24, 2.45) is 11.3 Å². The first-order valence-electron chi connectivity index (χ1n) is 18.1. The normalized spacial score (nSPS) is 14.8. The molecule has 0 nitrogen and oxygen atoms in total. The molecule has 244 valence electrons. The molecule has 0 amide bonds. The van der Waals surface area contributed by atoms with E-state index in [9.17, 15) is 0 Å². The van der Waals surface area contributed by atoms with E-state index in [1.807, 2.05) is 0 Å². The van der Waals surface area contributed by atoms with Gasteiger partial charge in [-0.05, 0) is 0 Å². The van der Waals surface area contributed by atoms with Gasteiger partial charge in [0.1, 0.15) is 0 Å². The summed E-state index contributed by atoms with van der Waals surface area (Å²) in [7, 11) is 0. The summed E-state index contributed by atoms with van der Waals surface area (Å²) in [6.45, 7) is 9.53. The zero-order chi connectivity index (χ0) is 34.2. The first-order valence-corrected chi connectivity index (χ1v) is 21.8. The van der Waals surface area contributed by atoms with Gasteiger partial charge in [-0.15, -0.1) is 0 Å². The van der Waals surface area contributed by atoms with Crippen LogP contribution in [-0.4, -0.2) is 3.21 Å². The molecule has 0 fully saturated rings. The second kappa shape index (κ2) is 13.7. The number of benzene rings is 6. The Labute approximate surface area is 306 Å². The number of fused-ring (bicyclic) bond motifs is 3. The van der Waals surface area contributed by atoms with E-state index < -0.39 is 21.3 Å². The SMILES string of the molecule is CCC1C=C(C(C)(C)C)C=[C]1[Zr](=[C](c1ccccc1)c1ccccc1)[c]1c(-c2ccccc2)ccc2c1Cc1cc(-c3ccccc3)ccc1-2. The minimum atomic E-state index is -3.04. The molecule has 0 aromatic heterocycles. The average Bonchev–Trinajstić information content (AvgIpc) is 3.77. The zero-order valence-corrected chi connectivity index (χ0v) is 32.0. The monoisotopic (exact) mass is 722 g/mol. The van der Waals surface area contributed by atoms with Crippen LogP contribution in [0.4, 0.5) is 0 Å². The summed E-state index contributed by atoms with van der Waals surface area (Å²) in [5.41, 5.74) is 15.4. The molecule has 0 bridgehead atoms. The van der Waals surface area contributed by atoms with Gasteiger partial charge >= 0.3 is 308 Å². The summed E-state index contributed by atoms with van der Waals surface area (Å²) >= 11 is -3.04. The molecule has 0 saturated heterocycles. The van der Waals surface area contributed by atoms with Crippen LogP contribution in [-0.2, 0) is 27.7 Å². The van der Waals surface area contributed by atoms with E-state index >= 15 is 0 Å². The molecule has 1 heteroatoms. The number of hydrogen-bond donors (Lipinski definition) is 0. The van der Waals surface area contributed by atoms with Crippen LogP contribution >= 0.6 is 0 Å². The van der Waals surface area contributed by atoms with E-state index in [1.54, 1.807) is 15.3 Å². The van der Waals surface area contributed by atoms with Crippen LogP contribution in [0, 0.1) is 11.3 Å². The molecule has 1 unspecified atom stereocenters. The molecule has 0 saturated carbocycles. The van der Waals surface area contributed by atoms with Gasteiger partial charge in [0, 0.05) is 0 Å². The van der Waals surface area contributed by atoms with Crippen molar-refractivity contribution < 1.29 is 21.3 Å². The quantitative estimate of drug-likeness (QED) is 0.154. The van der Waals surface area contributed by atoms with Crippen LogP contribution in [0.2, 0.25) is 0 Å². The van der Waals surface area contributed by atoms with Crippen LogP contribution in [0.3, 0.4) is 0 Å². The molecule has 6 aromatic rings. The number of hydrogen-bond acceptors (Lipinski definition) is 0. The van der Waals surface area contributed by atoms with Crippen molar-refractivity contribution in [3.63, 3.8) is 0 Å². The molecule has 6 aromatic carbocycles. The third-order valence-corrected chi connectivity index (χ3v) is 18.5. The predicted octanol–water partition coefficient (Wildman–Crippen LogP) is 12.0. The third-order valence-electron chi connectivity index (χ3n) is 10.6. The average molecular weight is 724 g/mol. The molecule has 0 heterocycles. The Morgan fingerprint density at radius 3 is 1.72 bits per heavy atom. The second-order valence-corrected chi connectivity index (χ2v) is 20.5. The van der Waals surface area contributed by atoms with Gasteiger partial charge in [-0.25, -0.2) is 0 Å². The molecule has 8 rings (SSSR count). The fourth-order valence-corrected chi connectivity index (χ4v) is 17.1. The van der Waals surface area contributed by atoms with Crippen molar-refractivity contribution in [3.05, 3.63) is 195 Å². The van der Waals surface area contributed by atoms with Gasteiger partial charge in [-0.3, -0.25) is 0 Å². The zero-order valence-electron chi connectivity index (χ0n) is 29.6.